The average molecular weight is 690 g/mol. The van der Waals surface area contributed by atoms with Crippen molar-refractivity contribution < 1.29 is 28.3 Å². The van der Waals surface area contributed by atoms with E-state index in [1.54, 1.807) is 38.5 Å². The third-order valence-electron chi connectivity index (χ3n) is 8.84. The van der Waals surface area contributed by atoms with Crippen molar-refractivity contribution in [1.82, 2.24) is 15.2 Å². The molecule has 9 nitrogen and oxygen atoms in total. The predicted octanol–water partition coefficient (Wildman–Crippen LogP) is 6.57. The normalized spacial score (nSPS) is 16.6. The van der Waals surface area contributed by atoms with E-state index in [0.29, 0.717) is 21.8 Å². The summed E-state index contributed by atoms with van der Waals surface area (Å²) in [5.41, 5.74) is 2.75. The van der Waals surface area contributed by atoms with Crippen molar-refractivity contribution in [2.75, 3.05) is 25.1 Å². The van der Waals surface area contributed by atoms with Crippen LogP contribution in [0.1, 0.15) is 56.4 Å². The first-order valence-corrected chi connectivity index (χ1v) is 16.0. The van der Waals surface area contributed by atoms with E-state index in [1.165, 1.54) is 40.1 Å². The Morgan fingerprint density at radius 2 is 1.71 bits per heavy atom. The van der Waals surface area contributed by atoms with Crippen LogP contribution in [0.15, 0.2) is 79.1 Å². The summed E-state index contributed by atoms with van der Waals surface area (Å²) in [5, 5.41) is 3.39. The zero-order valence-electron chi connectivity index (χ0n) is 26.1. The van der Waals surface area contributed by atoms with Crippen LogP contribution in [0.25, 0.3) is 11.1 Å². The summed E-state index contributed by atoms with van der Waals surface area (Å²) >= 11 is 11.9. The molecule has 48 heavy (non-hydrogen) atoms. The van der Waals surface area contributed by atoms with E-state index in [4.69, 9.17) is 27.9 Å². The molecule has 2 heterocycles. The number of anilines is 1. The highest BCUT2D eigenvalue weighted by Crippen LogP contribution is 2.45. The topological polar surface area (TPSA) is 109 Å². The van der Waals surface area contributed by atoms with Gasteiger partial charge in [-0.05, 0) is 97.1 Å². The zero-order valence-corrected chi connectivity index (χ0v) is 27.6. The van der Waals surface area contributed by atoms with Gasteiger partial charge in [0.15, 0.2) is 0 Å². The first-order chi connectivity index (χ1) is 22.9. The molecular formula is C36H31Cl2FN4O5. The van der Waals surface area contributed by atoms with Gasteiger partial charge in [-0.2, -0.15) is 0 Å². The molecule has 1 fully saturated rings. The molecule has 0 spiro atoms. The van der Waals surface area contributed by atoms with E-state index in [0.717, 1.165) is 30.0 Å². The van der Waals surface area contributed by atoms with Crippen LogP contribution in [0.4, 0.5) is 10.1 Å². The Balaban J connectivity index is 1.14. The maximum absolute atomic E-state index is 14.9. The van der Waals surface area contributed by atoms with Gasteiger partial charge in [0.1, 0.15) is 11.9 Å². The molecule has 0 bridgehead atoms. The number of benzene rings is 3. The molecule has 4 aromatic rings. The molecule has 0 saturated heterocycles. The van der Waals surface area contributed by atoms with Crippen molar-refractivity contribution in [3.8, 4) is 11.1 Å². The minimum atomic E-state index is -0.860. The largest absolute Gasteiger partial charge is 0.461 e. The maximum Gasteiger partial charge on any atom is 0.338 e. The Labute approximate surface area is 286 Å². The summed E-state index contributed by atoms with van der Waals surface area (Å²) in [7, 11) is 1.62. The molecule has 1 saturated carbocycles. The van der Waals surface area contributed by atoms with Gasteiger partial charge in [0, 0.05) is 43.5 Å². The summed E-state index contributed by atoms with van der Waals surface area (Å²) in [5.74, 6) is -2.43. The quantitative estimate of drug-likeness (QED) is 0.199. The van der Waals surface area contributed by atoms with Crippen molar-refractivity contribution in [3.63, 3.8) is 0 Å². The maximum atomic E-state index is 14.9. The zero-order chi connectivity index (χ0) is 34.2. The van der Waals surface area contributed by atoms with E-state index < -0.39 is 35.1 Å². The van der Waals surface area contributed by atoms with Gasteiger partial charge < -0.3 is 19.9 Å². The number of nitrogens with zero attached hydrogens (tertiary/aromatic N) is 3. The Bertz CT molecular complexity index is 1940. The van der Waals surface area contributed by atoms with Crippen LogP contribution < -0.4 is 10.2 Å². The van der Waals surface area contributed by atoms with Crippen LogP contribution in [-0.2, 0) is 16.1 Å². The van der Waals surface area contributed by atoms with Crippen LogP contribution in [0.2, 0.25) is 10.0 Å². The molecule has 3 amide bonds. The standard InChI is InChI=1S/C36H31Cl2FN4O5/c1-21-33(45)42(2)31-17-24(23-7-11-40-12-8-23)3-5-28(31)34(46)43(21)18-22-13-26(15-27(39)14-22)32(44)41-19-36(9-10-36)20-48-35(47)25-4-6-29(37)30(38)16-25/h3-8,11-17,21H,9-10,18-20H2,1-2H3,(H,41,44)/t21-/m1/s1. The van der Waals surface area contributed by atoms with Gasteiger partial charge in [-0.25, -0.2) is 9.18 Å². The molecule has 1 aromatic heterocycles. The number of aromatic nitrogens is 1. The van der Waals surface area contributed by atoms with Crippen LogP contribution in [0.5, 0.6) is 0 Å². The Morgan fingerprint density at radius 3 is 2.42 bits per heavy atom. The Kier molecular flexibility index (Phi) is 9.22. The molecule has 6 rings (SSSR count). The molecule has 12 heteroatoms. The van der Waals surface area contributed by atoms with Gasteiger partial charge >= 0.3 is 5.97 Å². The van der Waals surface area contributed by atoms with Crippen LogP contribution in [0, 0.1) is 11.2 Å². The number of likely N-dealkylation sites (N-methyl/N-ethyl adjacent to an activating group) is 1. The fraction of sp³-hybridized carbons (Fsp3) is 0.250. The molecule has 1 aliphatic carbocycles. The minimum absolute atomic E-state index is 0.0642. The second kappa shape index (κ2) is 13.4. The Hall–Kier alpha value is -4.80. The van der Waals surface area contributed by atoms with Crippen molar-refractivity contribution in [3.05, 3.63) is 117 Å². The van der Waals surface area contributed by atoms with Crippen LogP contribution in [0.3, 0.4) is 0 Å². The lowest BCUT2D eigenvalue weighted by molar-refractivity contribution is -0.122. The number of ether oxygens (including phenoxy) is 1. The molecule has 1 aliphatic heterocycles. The predicted molar refractivity (Wildman–Crippen MR) is 180 cm³/mol. The average Bonchev–Trinajstić information content (AvgIpc) is 3.88. The van der Waals surface area contributed by atoms with Crippen molar-refractivity contribution >= 4 is 52.6 Å². The first kappa shape index (κ1) is 33.1. The van der Waals surface area contributed by atoms with Crippen molar-refractivity contribution in [2.45, 2.75) is 32.4 Å². The first-order valence-electron chi connectivity index (χ1n) is 15.3. The summed E-state index contributed by atoms with van der Waals surface area (Å²) in [6.07, 6.45) is 4.80. The lowest BCUT2D eigenvalue weighted by atomic mass is 10.0. The molecule has 0 unspecified atom stereocenters. The monoisotopic (exact) mass is 688 g/mol. The number of carbonyl (C=O) groups excluding carboxylic acids is 4. The summed E-state index contributed by atoms with van der Waals surface area (Å²) in [6, 6.07) is 16.4. The number of fused-ring (bicyclic) bond motifs is 1. The molecule has 1 atom stereocenters. The highest BCUT2D eigenvalue weighted by Gasteiger charge is 2.44. The lowest BCUT2D eigenvalue weighted by Gasteiger charge is -2.27. The number of rotatable bonds is 9. The van der Waals surface area contributed by atoms with Crippen LogP contribution in [-0.4, -0.2) is 59.8 Å². The molecule has 2 aliphatic rings. The summed E-state index contributed by atoms with van der Waals surface area (Å²) in [6.45, 7) is 1.83. The van der Waals surface area contributed by atoms with Gasteiger partial charge in [0.05, 0.1) is 33.5 Å². The smallest absolute Gasteiger partial charge is 0.338 e. The number of carbonyl (C=O) groups is 4. The van der Waals surface area contributed by atoms with Gasteiger partial charge in [-0.1, -0.05) is 29.3 Å². The number of pyridine rings is 1. The van der Waals surface area contributed by atoms with E-state index >= 15 is 0 Å². The fourth-order valence-corrected chi connectivity index (χ4v) is 6.00. The van der Waals surface area contributed by atoms with Crippen molar-refractivity contribution in [2.24, 2.45) is 5.41 Å². The van der Waals surface area contributed by atoms with Crippen LogP contribution >= 0.6 is 23.2 Å². The third-order valence-corrected chi connectivity index (χ3v) is 9.58. The van der Waals surface area contributed by atoms with E-state index in [2.05, 4.69) is 10.3 Å². The highest BCUT2D eigenvalue weighted by molar-refractivity contribution is 6.42. The SMILES string of the molecule is C[C@@H]1C(=O)N(C)c2cc(-c3ccncc3)ccc2C(=O)N1Cc1cc(F)cc(C(=O)NCC2(COC(=O)c3ccc(Cl)c(Cl)c3)CC2)c1. The number of hydrogen-bond donors (Lipinski definition) is 1. The molecule has 0 radical (unpaired) electrons. The van der Waals surface area contributed by atoms with E-state index in [1.807, 2.05) is 18.2 Å². The third kappa shape index (κ3) is 6.90. The molecular weight excluding hydrogens is 658 g/mol. The Morgan fingerprint density at radius 1 is 0.958 bits per heavy atom. The second-order valence-corrected chi connectivity index (χ2v) is 13.0. The fourth-order valence-electron chi connectivity index (χ4n) is 5.70. The van der Waals surface area contributed by atoms with E-state index in [9.17, 15) is 23.6 Å². The minimum Gasteiger partial charge on any atom is -0.461 e. The highest BCUT2D eigenvalue weighted by atomic mass is 35.5. The second-order valence-electron chi connectivity index (χ2n) is 12.2. The lowest BCUT2D eigenvalue weighted by Crippen LogP contribution is -2.45. The molecule has 3 aromatic carbocycles. The molecule has 1 N–H and O–H groups in total. The summed E-state index contributed by atoms with van der Waals surface area (Å²) in [4.78, 5) is 59.9. The van der Waals surface area contributed by atoms with Gasteiger partial charge in [-0.15, -0.1) is 0 Å². The van der Waals surface area contributed by atoms with Gasteiger partial charge in [-0.3, -0.25) is 19.4 Å². The number of esters is 1. The number of amides is 3. The van der Waals surface area contributed by atoms with Crippen molar-refractivity contribution in [1.29, 1.82) is 0 Å². The number of hydrogen-bond acceptors (Lipinski definition) is 6. The summed E-state index contributed by atoms with van der Waals surface area (Å²) < 4.78 is 20.4. The molecule has 246 valence electrons. The number of halogens is 3. The number of nitrogens with one attached hydrogen (secondary N) is 1. The van der Waals surface area contributed by atoms with E-state index in [-0.39, 0.29) is 41.8 Å². The van der Waals surface area contributed by atoms with Gasteiger partial charge in [0.2, 0.25) is 5.91 Å². The van der Waals surface area contributed by atoms with Gasteiger partial charge in [0.25, 0.3) is 11.8 Å².